The highest BCUT2D eigenvalue weighted by Gasteiger charge is 2.24. The van der Waals surface area contributed by atoms with Crippen LogP contribution in [0, 0.1) is 5.92 Å². The minimum absolute atomic E-state index is 0.0560. The Labute approximate surface area is 178 Å². The third-order valence-electron chi connectivity index (χ3n) is 5.23. The van der Waals surface area contributed by atoms with Crippen molar-refractivity contribution in [1.29, 1.82) is 0 Å². The maximum atomic E-state index is 12.4. The summed E-state index contributed by atoms with van der Waals surface area (Å²) in [5, 5.41) is 8.78. The molecule has 164 valence electrons. The molecule has 0 radical (unpaired) electrons. The van der Waals surface area contributed by atoms with Crippen molar-refractivity contribution in [2.24, 2.45) is 5.92 Å². The molecule has 1 aromatic carbocycles. The van der Waals surface area contributed by atoms with Crippen LogP contribution in [0.5, 0.6) is 0 Å². The topological polar surface area (TPSA) is 93.8 Å². The third-order valence-corrected chi connectivity index (χ3v) is 5.23. The van der Waals surface area contributed by atoms with Gasteiger partial charge in [-0.25, -0.2) is 0 Å². The first-order valence-corrected chi connectivity index (χ1v) is 10.8. The smallest absolute Gasteiger partial charge is 0.251 e. The second-order valence-electron chi connectivity index (χ2n) is 8.63. The summed E-state index contributed by atoms with van der Waals surface area (Å²) in [5.41, 5.74) is 1.19. The first-order valence-electron chi connectivity index (χ1n) is 10.8. The number of carbonyl (C=O) groups excluding carboxylic acids is 3. The van der Waals surface area contributed by atoms with E-state index in [0.29, 0.717) is 42.8 Å². The Morgan fingerprint density at radius 2 is 1.63 bits per heavy atom. The Morgan fingerprint density at radius 1 is 1.00 bits per heavy atom. The summed E-state index contributed by atoms with van der Waals surface area (Å²) in [5.74, 6) is 0.304. The first-order chi connectivity index (χ1) is 14.4. The van der Waals surface area contributed by atoms with E-state index in [9.17, 15) is 14.4 Å². The number of piperazine rings is 1. The summed E-state index contributed by atoms with van der Waals surface area (Å²) in [7, 11) is 0. The van der Waals surface area contributed by atoms with Gasteiger partial charge in [-0.3, -0.25) is 24.2 Å². The molecule has 1 heterocycles. The predicted octanol–water partition coefficient (Wildman–Crippen LogP) is 0.907. The molecule has 8 heteroatoms. The normalized spacial score (nSPS) is 17.6. The highest BCUT2D eigenvalue weighted by atomic mass is 16.2. The highest BCUT2D eigenvalue weighted by Crippen LogP contribution is 2.20. The van der Waals surface area contributed by atoms with Crippen molar-refractivity contribution in [3.8, 4) is 0 Å². The molecule has 3 amide bonds. The number of hydrogen-bond donors (Lipinski definition) is 3. The molecule has 0 atom stereocenters. The second-order valence-corrected chi connectivity index (χ2v) is 8.63. The van der Waals surface area contributed by atoms with Gasteiger partial charge in [0.05, 0.1) is 13.1 Å². The summed E-state index contributed by atoms with van der Waals surface area (Å²) in [6.07, 6.45) is 2.08. The molecule has 3 rings (SSSR count). The van der Waals surface area contributed by atoms with Gasteiger partial charge in [-0.05, 0) is 37.0 Å². The van der Waals surface area contributed by atoms with E-state index in [1.165, 1.54) is 0 Å². The molecule has 0 aromatic heterocycles. The van der Waals surface area contributed by atoms with Crippen molar-refractivity contribution in [3.05, 3.63) is 29.8 Å². The molecule has 1 saturated carbocycles. The lowest BCUT2D eigenvalue weighted by Gasteiger charge is -2.33. The van der Waals surface area contributed by atoms with Gasteiger partial charge in [0.2, 0.25) is 11.8 Å². The molecular formula is C22H33N5O3. The molecule has 1 aromatic rings. The molecule has 0 unspecified atom stereocenters. The Kier molecular flexibility index (Phi) is 7.81. The molecule has 30 heavy (non-hydrogen) atoms. The quantitative estimate of drug-likeness (QED) is 0.557. The van der Waals surface area contributed by atoms with Gasteiger partial charge < -0.3 is 16.0 Å². The van der Waals surface area contributed by atoms with Crippen LogP contribution in [0.2, 0.25) is 0 Å². The zero-order valence-corrected chi connectivity index (χ0v) is 17.9. The molecule has 0 bridgehead atoms. The van der Waals surface area contributed by atoms with Crippen molar-refractivity contribution >= 4 is 23.4 Å². The molecule has 8 nitrogen and oxygen atoms in total. The molecular weight excluding hydrogens is 382 g/mol. The van der Waals surface area contributed by atoms with Crippen LogP contribution in [-0.4, -0.2) is 79.4 Å². The van der Waals surface area contributed by atoms with E-state index in [4.69, 9.17) is 0 Å². The zero-order valence-electron chi connectivity index (χ0n) is 17.9. The second kappa shape index (κ2) is 10.5. The van der Waals surface area contributed by atoms with Gasteiger partial charge in [-0.1, -0.05) is 19.9 Å². The van der Waals surface area contributed by atoms with E-state index in [2.05, 4.69) is 39.6 Å². The van der Waals surface area contributed by atoms with E-state index in [-0.39, 0.29) is 17.7 Å². The molecule has 3 N–H and O–H groups in total. The molecule has 2 aliphatic rings. The van der Waals surface area contributed by atoms with Gasteiger partial charge in [-0.15, -0.1) is 0 Å². The number of amides is 3. The molecule has 2 fully saturated rings. The lowest BCUT2D eigenvalue weighted by molar-refractivity contribution is -0.123. The highest BCUT2D eigenvalue weighted by molar-refractivity contribution is 5.97. The Bertz CT molecular complexity index is 755. The Balaban J connectivity index is 1.38. The van der Waals surface area contributed by atoms with Crippen LogP contribution in [0.15, 0.2) is 24.3 Å². The largest absolute Gasteiger partial charge is 0.355 e. The van der Waals surface area contributed by atoms with Gasteiger partial charge in [0, 0.05) is 50.0 Å². The SMILES string of the molecule is CC(C)CNC(=O)CN1CCN(CC(=O)Nc2cccc(C(=O)NC3CC3)c2)CC1. The minimum atomic E-state index is -0.0992. The van der Waals surface area contributed by atoms with Gasteiger partial charge in [-0.2, -0.15) is 0 Å². The fourth-order valence-electron chi connectivity index (χ4n) is 3.32. The van der Waals surface area contributed by atoms with E-state index in [0.717, 1.165) is 39.0 Å². The van der Waals surface area contributed by atoms with E-state index in [1.807, 2.05) is 0 Å². The van der Waals surface area contributed by atoms with E-state index < -0.39 is 0 Å². The van der Waals surface area contributed by atoms with Gasteiger partial charge in [0.15, 0.2) is 0 Å². The van der Waals surface area contributed by atoms with Crippen LogP contribution in [0.1, 0.15) is 37.0 Å². The number of hydrogen-bond acceptors (Lipinski definition) is 5. The number of nitrogens with one attached hydrogen (secondary N) is 3. The van der Waals surface area contributed by atoms with E-state index in [1.54, 1.807) is 24.3 Å². The molecule has 0 spiro atoms. The predicted molar refractivity (Wildman–Crippen MR) is 116 cm³/mol. The van der Waals surface area contributed by atoms with Crippen LogP contribution < -0.4 is 16.0 Å². The number of rotatable bonds is 9. The molecule has 1 saturated heterocycles. The average molecular weight is 416 g/mol. The fourth-order valence-corrected chi connectivity index (χ4v) is 3.32. The Hall–Kier alpha value is -2.45. The van der Waals surface area contributed by atoms with Gasteiger partial charge in [0.1, 0.15) is 0 Å². The number of anilines is 1. The number of benzene rings is 1. The average Bonchev–Trinajstić information content (AvgIpc) is 3.52. The maximum Gasteiger partial charge on any atom is 0.251 e. The van der Waals surface area contributed by atoms with Crippen LogP contribution >= 0.6 is 0 Å². The zero-order chi connectivity index (χ0) is 21.5. The van der Waals surface area contributed by atoms with Crippen molar-refractivity contribution in [3.63, 3.8) is 0 Å². The van der Waals surface area contributed by atoms with Crippen LogP contribution in [0.3, 0.4) is 0 Å². The standard InChI is InChI=1S/C22H33N5O3/c1-16(2)13-23-20(28)14-26-8-10-27(11-9-26)15-21(29)24-19-5-3-4-17(12-19)22(30)25-18-6-7-18/h3-5,12,16,18H,6-11,13-15H2,1-2H3,(H,23,28)(H,24,29)(H,25,30). The maximum absolute atomic E-state index is 12.4. The summed E-state index contributed by atoms with van der Waals surface area (Å²) in [6, 6.07) is 7.34. The van der Waals surface area contributed by atoms with Crippen LogP contribution in [-0.2, 0) is 9.59 Å². The van der Waals surface area contributed by atoms with Gasteiger partial charge >= 0.3 is 0 Å². The van der Waals surface area contributed by atoms with Crippen molar-refractivity contribution in [2.75, 3.05) is 51.1 Å². The summed E-state index contributed by atoms with van der Waals surface area (Å²) in [4.78, 5) is 40.8. The first kappa shape index (κ1) is 22.2. The van der Waals surface area contributed by atoms with Crippen molar-refractivity contribution in [2.45, 2.75) is 32.7 Å². The van der Waals surface area contributed by atoms with Crippen LogP contribution in [0.25, 0.3) is 0 Å². The van der Waals surface area contributed by atoms with E-state index >= 15 is 0 Å². The number of nitrogens with zero attached hydrogens (tertiary/aromatic N) is 2. The number of carbonyl (C=O) groups is 3. The lowest BCUT2D eigenvalue weighted by Crippen LogP contribution is -2.51. The fraction of sp³-hybridized carbons (Fsp3) is 0.591. The summed E-state index contributed by atoms with van der Waals surface area (Å²) >= 11 is 0. The monoisotopic (exact) mass is 415 g/mol. The molecule has 1 aliphatic carbocycles. The van der Waals surface area contributed by atoms with Crippen molar-refractivity contribution < 1.29 is 14.4 Å². The third kappa shape index (κ3) is 7.42. The lowest BCUT2D eigenvalue weighted by atomic mass is 10.2. The summed E-state index contributed by atoms with van der Waals surface area (Å²) in [6.45, 7) is 8.56. The summed E-state index contributed by atoms with van der Waals surface area (Å²) < 4.78 is 0. The van der Waals surface area contributed by atoms with Gasteiger partial charge in [0.25, 0.3) is 5.91 Å². The molecule has 1 aliphatic heterocycles. The minimum Gasteiger partial charge on any atom is -0.355 e. The van der Waals surface area contributed by atoms with Crippen molar-refractivity contribution in [1.82, 2.24) is 20.4 Å². The Morgan fingerprint density at radius 3 is 2.23 bits per heavy atom. The van der Waals surface area contributed by atoms with Crippen LogP contribution in [0.4, 0.5) is 5.69 Å².